The Balaban J connectivity index is 1.60. The van der Waals surface area contributed by atoms with E-state index in [1.54, 1.807) is 41.3 Å². The molecule has 2 aliphatic rings. The highest BCUT2D eigenvalue weighted by Gasteiger charge is 2.35. The van der Waals surface area contributed by atoms with E-state index >= 15 is 0 Å². The first-order valence-corrected chi connectivity index (χ1v) is 9.70. The van der Waals surface area contributed by atoms with Crippen LogP contribution in [0.15, 0.2) is 41.5 Å². The van der Waals surface area contributed by atoms with Crippen LogP contribution in [-0.2, 0) is 14.3 Å². The second-order valence-corrected chi connectivity index (χ2v) is 7.41. The highest BCUT2D eigenvalue weighted by Crippen LogP contribution is 2.34. The third-order valence-corrected chi connectivity index (χ3v) is 5.06. The van der Waals surface area contributed by atoms with Crippen molar-refractivity contribution in [3.8, 4) is 11.5 Å². The molecular weight excluding hydrogens is 410 g/mol. The number of hydrazone groups is 1. The van der Waals surface area contributed by atoms with Crippen LogP contribution in [0.2, 0.25) is 5.02 Å². The van der Waals surface area contributed by atoms with Gasteiger partial charge in [0.25, 0.3) is 0 Å². The van der Waals surface area contributed by atoms with Gasteiger partial charge in [-0.1, -0.05) is 11.6 Å². The topological polar surface area (TPSA) is 80.7 Å². The van der Waals surface area contributed by atoms with Gasteiger partial charge in [-0.2, -0.15) is 5.01 Å². The lowest BCUT2D eigenvalue weighted by Crippen LogP contribution is -2.44. The van der Waals surface area contributed by atoms with Gasteiger partial charge in [-0.25, -0.2) is 0 Å². The third-order valence-electron chi connectivity index (χ3n) is 4.83. The maximum Gasteiger partial charge on any atom is 0.243 e. The predicted molar refractivity (Wildman–Crippen MR) is 111 cm³/mol. The molecular formula is C21H20ClN3O5. The fourth-order valence-corrected chi connectivity index (χ4v) is 3.61. The van der Waals surface area contributed by atoms with Crippen LogP contribution in [0.3, 0.4) is 0 Å². The van der Waals surface area contributed by atoms with Gasteiger partial charge in [-0.15, -0.1) is 5.10 Å². The quantitative estimate of drug-likeness (QED) is 0.745. The standard InChI is InChI=1S/C21H20ClN3O5/c1-12-8-16(22)5-6-17(12)24(13(2)26)10-20-25(14(3)27)23-21(30-20)15-4-7-18-19(9-15)29-11-28-18/h4-9,20H,10-11H2,1-3H3/t20-/m1/s1. The molecule has 0 aliphatic carbocycles. The van der Waals surface area contributed by atoms with Crippen molar-refractivity contribution in [1.29, 1.82) is 0 Å². The van der Waals surface area contributed by atoms with Crippen molar-refractivity contribution in [2.45, 2.75) is 27.0 Å². The predicted octanol–water partition coefficient (Wildman–Crippen LogP) is 3.30. The number of hydrogen-bond donors (Lipinski definition) is 0. The molecule has 2 aromatic rings. The molecule has 156 valence electrons. The van der Waals surface area contributed by atoms with Crippen molar-refractivity contribution in [3.63, 3.8) is 0 Å². The summed E-state index contributed by atoms with van der Waals surface area (Å²) in [5.41, 5.74) is 2.17. The maximum atomic E-state index is 12.4. The van der Waals surface area contributed by atoms with Gasteiger partial charge >= 0.3 is 0 Å². The Kier molecular flexibility index (Phi) is 5.26. The molecule has 2 aromatic carbocycles. The number of fused-ring (bicyclic) bond motifs is 1. The van der Waals surface area contributed by atoms with E-state index in [1.807, 2.05) is 6.92 Å². The van der Waals surface area contributed by atoms with E-state index in [9.17, 15) is 9.59 Å². The minimum atomic E-state index is -0.776. The summed E-state index contributed by atoms with van der Waals surface area (Å²) in [5, 5.41) is 6.15. The second kappa shape index (κ2) is 7.87. The first-order chi connectivity index (χ1) is 14.3. The van der Waals surface area contributed by atoms with Crippen molar-refractivity contribution in [3.05, 3.63) is 52.5 Å². The number of benzene rings is 2. The minimum absolute atomic E-state index is 0.106. The molecule has 0 spiro atoms. The van der Waals surface area contributed by atoms with E-state index in [0.29, 0.717) is 27.8 Å². The van der Waals surface area contributed by atoms with E-state index < -0.39 is 6.23 Å². The Morgan fingerprint density at radius 3 is 2.63 bits per heavy atom. The summed E-state index contributed by atoms with van der Waals surface area (Å²) in [5.74, 6) is 0.998. The number of ether oxygens (including phenoxy) is 3. The van der Waals surface area contributed by atoms with Gasteiger partial charge in [0.2, 0.25) is 30.7 Å². The molecule has 0 aromatic heterocycles. The minimum Gasteiger partial charge on any atom is -0.454 e. The zero-order chi connectivity index (χ0) is 21.4. The number of anilines is 1. The first kappa shape index (κ1) is 20.0. The largest absolute Gasteiger partial charge is 0.454 e. The summed E-state index contributed by atoms with van der Waals surface area (Å²) in [6.07, 6.45) is -0.776. The van der Waals surface area contributed by atoms with E-state index in [0.717, 1.165) is 5.56 Å². The second-order valence-electron chi connectivity index (χ2n) is 6.97. The molecule has 4 rings (SSSR count). The Morgan fingerprint density at radius 2 is 1.93 bits per heavy atom. The van der Waals surface area contributed by atoms with E-state index in [1.165, 1.54) is 18.9 Å². The zero-order valence-corrected chi connectivity index (χ0v) is 17.5. The number of aryl methyl sites for hydroxylation is 1. The number of carbonyl (C=O) groups is 2. The van der Waals surface area contributed by atoms with Crippen LogP contribution < -0.4 is 14.4 Å². The summed E-state index contributed by atoms with van der Waals surface area (Å²) in [6.45, 7) is 4.98. The molecule has 2 amide bonds. The van der Waals surface area contributed by atoms with Crippen LogP contribution in [0.4, 0.5) is 5.69 Å². The van der Waals surface area contributed by atoms with Crippen LogP contribution in [0, 0.1) is 6.92 Å². The molecule has 1 atom stereocenters. The first-order valence-electron chi connectivity index (χ1n) is 9.33. The third kappa shape index (κ3) is 3.78. The van der Waals surface area contributed by atoms with Crippen molar-refractivity contribution >= 4 is 35.0 Å². The van der Waals surface area contributed by atoms with E-state index in [-0.39, 0.29) is 31.0 Å². The van der Waals surface area contributed by atoms with Crippen LogP contribution >= 0.6 is 11.6 Å². The van der Waals surface area contributed by atoms with Crippen molar-refractivity contribution in [1.82, 2.24) is 5.01 Å². The lowest BCUT2D eigenvalue weighted by Gasteiger charge is -2.28. The average molecular weight is 430 g/mol. The van der Waals surface area contributed by atoms with Gasteiger partial charge in [-0.3, -0.25) is 9.59 Å². The Morgan fingerprint density at radius 1 is 1.17 bits per heavy atom. The Bertz CT molecular complexity index is 1050. The molecule has 0 saturated heterocycles. The fraction of sp³-hybridized carbons (Fsp3) is 0.286. The lowest BCUT2D eigenvalue weighted by atomic mass is 10.1. The number of halogens is 1. The molecule has 0 bridgehead atoms. The van der Waals surface area contributed by atoms with Gasteiger partial charge in [0.1, 0.15) is 0 Å². The molecule has 0 radical (unpaired) electrons. The van der Waals surface area contributed by atoms with Crippen LogP contribution in [0.25, 0.3) is 0 Å². The summed E-state index contributed by atoms with van der Waals surface area (Å²) in [6, 6.07) is 10.5. The van der Waals surface area contributed by atoms with Crippen LogP contribution in [-0.4, -0.2) is 42.3 Å². The van der Waals surface area contributed by atoms with Crippen molar-refractivity contribution in [2.24, 2.45) is 5.10 Å². The van der Waals surface area contributed by atoms with Gasteiger partial charge in [0, 0.05) is 30.1 Å². The SMILES string of the molecule is CC(=O)N(C[C@H]1OC(c2ccc3c(c2)OCO3)=NN1C(C)=O)c1ccc(Cl)cc1C. The number of carbonyl (C=O) groups excluding carboxylic acids is 2. The van der Waals surface area contributed by atoms with Crippen molar-refractivity contribution < 1.29 is 23.8 Å². The molecule has 0 fully saturated rings. The van der Waals surface area contributed by atoms with Crippen LogP contribution in [0.1, 0.15) is 25.0 Å². The lowest BCUT2D eigenvalue weighted by molar-refractivity contribution is -0.135. The Labute approximate surface area is 178 Å². The molecule has 9 heteroatoms. The average Bonchev–Trinajstić information content (AvgIpc) is 3.32. The molecule has 0 unspecified atom stereocenters. The molecule has 2 aliphatic heterocycles. The fourth-order valence-electron chi connectivity index (χ4n) is 3.38. The number of rotatable bonds is 4. The van der Waals surface area contributed by atoms with E-state index in [2.05, 4.69) is 5.10 Å². The summed E-state index contributed by atoms with van der Waals surface area (Å²) >= 11 is 6.04. The molecule has 30 heavy (non-hydrogen) atoms. The molecule has 0 saturated carbocycles. The molecule has 2 heterocycles. The zero-order valence-electron chi connectivity index (χ0n) is 16.7. The van der Waals surface area contributed by atoms with Gasteiger partial charge in [-0.05, 0) is 48.9 Å². The van der Waals surface area contributed by atoms with Gasteiger partial charge < -0.3 is 19.1 Å². The summed E-state index contributed by atoms with van der Waals surface area (Å²) < 4.78 is 16.7. The molecule has 0 N–H and O–H groups in total. The maximum absolute atomic E-state index is 12.4. The normalized spacial score (nSPS) is 16.9. The molecule has 8 nitrogen and oxygen atoms in total. The smallest absolute Gasteiger partial charge is 0.243 e. The summed E-state index contributed by atoms with van der Waals surface area (Å²) in [7, 11) is 0. The van der Waals surface area contributed by atoms with Gasteiger partial charge in [0.15, 0.2) is 11.5 Å². The monoisotopic (exact) mass is 429 g/mol. The summed E-state index contributed by atoms with van der Waals surface area (Å²) in [4.78, 5) is 26.1. The van der Waals surface area contributed by atoms with Crippen molar-refractivity contribution in [2.75, 3.05) is 18.2 Å². The number of hydrogen-bond acceptors (Lipinski definition) is 6. The Hall–Kier alpha value is -3.26. The number of nitrogens with zero attached hydrogens (tertiary/aromatic N) is 3. The van der Waals surface area contributed by atoms with E-state index in [4.69, 9.17) is 25.8 Å². The highest BCUT2D eigenvalue weighted by atomic mass is 35.5. The van der Waals surface area contributed by atoms with Gasteiger partial charge in [0.05, 0.1) is 6.54 Å². The number of amides is 2. The highest BCUT2D eigenvalue weighted by molar-refractivity contribution is 6.30. The van der Waals surface area contributed by atoms with Crippen LogP contribution in [0.5, 0.6) is 11.5 Å².